The van der Waals surface area contributed by atoms with Crippen molar-refractivity contribution in [1.82, 2.24) is 0 Å². The zero-order valence-electron chi connectivity index (χ0n) is 17.2. The Morgan fingerprint density at radius 2 is 1.62 bits per heavy atom. The lowest BCUT2D eigenvalue weighted by Crippen LogP contribution is -2.40. The van der Waals surface area contributed by atoms with Crippen molar-refractivity contribution >= 4 is 0 Å². The van der Waals surface area contributed by atoms with Crippen LogP contribution in [0.5, 0.6) is 0 Å². The van der Waals surface area contributed by atoms with E-state index in [1.807, 2.05) is 0 Å². The fraction of sp³-hybridized carbons (Fsp3) is 0.179. The van der Waals surface area contributed by atoms with E-state index in [2.05, 4.69) is 104 Å². The maximum absolute atomic E-state index is 2.43. The van der Waals surface area contributed by atoms with E-state index in [1.165, 1.54) is 55.8 Å². The average molecular weight is 375 g/mol. The molecule has 0 spiro atoms. The molecule has 0 saturated carbocycles. The Hall–Kier alpha value is -3.19. The Bertz CT molecular complexity index is 1300. The molecule has 0 radical (unpaired) electrons. The SMILES string of the molecule is Cc1ccc2c(c1)C1(c3ccccc3)Cc3ccc[n+](C)c3-c3c(C)ccc-2c31. The van der Waals surface area contributed by atoms with E-state index in [-0.39, 0.29) is 5.41 Å². The number of hydrogen-bond donors (Lipinski definition) is 0. The lowest BCUT2D eigenvalue weighted by Gasteiger charge is -2.38. The molecule has 29 heavy (non-hydrogen) atoms. The van der Waals surface area contributed by atoms with Crippen LogP contribution in [0.1, 0.15) is 33.4 Å². The van der Waals surface area contributed by atoms with Gasteiger partial charge in [-0.1, -0.05) is 66.2 Å². The van der Waals surface area contributed by atoms with Gasteiger partial charge in [-0.25, -0.2) is 4.57 Å². The lowest BCUT2D eigenvalue weighted by molar-refractivity contribution is -0.660. The molecule has 3 aromatic carbocycles. The predicted octanol–water partition coefficient (Wildman–Crippen LogP) is 5.67. The average Bonchev–Trinajstić information content (AvgIpc) is 3.01. The van der Waals surface area contributed by atoms with Crippen LogP contribution in [-0.2, 0) is 18.9 Å². The molecule has 4 aromatic rings. The molecule has 0 bridgehead atoms. The van der Waals surface area contributed by atoms with Crippen LogP contribution in [0.15, 0.2) is 79.0 Å². The van der Waals surface area contributed by atoms with Crippen LogP contribution in [0, 0.1) is 13.8 Å². The third-order valence-electron chi connectivity index (χ3n) is 6.99. The molecule has 0 fully saturated rings. The first kappa shape index (κ1) is 16.7. The molecule has 0 N–H and O–H groups in total. The summed E-state index contributed by atoms with van der Waals surface area (Å²) < 4.78 is 2.31. The van der Waals surface area contributed by atoms with E-state index in [0.29, 0.717) is 0 Å². The Morgan fingerprint density at radius 3 is 2.45 bits per heavy atom. The highest BCUT2D eigenvalue weighted by atomic mass is 14.9. The highest BCUT2D eigenvalue weighted by Crippen LogP contribution is 2.60. The molecule has 0 amide bonds. The van der Waals surface area contributed by atoms with E-state index in [1.54, 1.807) is 0 Å². The summed E-state index contributed by atoms with van der Waals surface area (Å²) >= 11 is 0. The maximum Gasteiger partial charge on any atom is 0.216 e. The van der Waals surface area contributed by atoms with Crippen LogP contribution < -0.4 is 4.57 Å². The van der Waals surface area contributed by atoms with Gasteiger partial charge in [0.25, 0.3) is 0 Å². The van der Waals surface area contributed by atoms with Crippen LogP contribution in [0.25, 0.3) is 22.4 Å². The summed E-state index contributed by atoms with van der Waals surface area (Å²) in [5.74, 6) is 0. The zero-order valence-corrected chi connectivity index (χ0v) is 17.2. The molecule has 140 valence electrons. The van der Waals surface area contributed by atoms with E-state index < -0.39 is 0 Å². The second-order valence-corrected chi connectivity index (χ2v) is 8.67. The van der Waals surface area contributed by atoms with Gasteiger partial charge in [-0.15, -0.1) is 0 Å². The van der Waals surface area contributed by atoms with Crippen molar-refractivity contribution in [1.29, 1.82) is 0 Å². The largest absolute Gasteiger partial charge is 0.216 e. The minimum atomic E-state index is -0.124. The Balaban J connectivity index is 1.85. The molecule has 0 aliphatic heterocycles. The molecule has 2 aliphatic rings. The molecular weight excluding hydrogens is 350 g/mol. The molecule has 2 aliphatic carbocycles. The molecular formula is C28H24N+. The van der Waals surface area contributed by atoms with Gasteiger partial charge in [-0.3, -0.25) is 0 Å². The number of nitrogens with zero attached hydrogens (tertiary/aromatic N) is 1. The molecule has 1 aromatic heterocycles. The summed E-state index contributed by atoms with van der Waals surface area (Å²) in [6.45, 7) is 4.48. The molecule has 1 heterocycles. The maximum atomic E-state index is 2.43. The van der Waals surface area contributed by atoms with E-state index in [0.717, 1.165) is 6.42 Å². The summed E-state index contributed by atoms with van der Waals surface area (Å²) in [6, 6.07) is 27.3. The summed E-state index contributed by atoms with van der Waals surface area (Å²) in [6.07, 6.45) is 3.18. The van der Waals surface area contributed by atoms with Gasteiger partial charge in [0, 0.05) is 11.6 Å². The lowest BCUT2D eigenvalue weighted by atomic mass is 9.63. The van der Waals surface area contributed by atoms with Crippen LogP contribution in [0.2, 0.25) is 0 Å². The van der Waals surface area contributed by atoms with Crippen molar-refractivity contribution in [2.75, 3.05) is 0 Å². The van der Waals surface area contributed by atoms with Gasteiger partial charge in [-0.2, -0.15) is 0 Å². The summed E-state index contributed by atoms with van der Waals surface area (Å²) in [4.78, 5) is 0. The number of rotatable bonds is 1. The number of aryl methyl sites for hydroxylation is 3. The number of hydrogen-bond acceptors (Lipinski definition) is 0. The molecule has 6 rings (SSSR count). The van der Waals surface area contributed by atoms with E-state index in [4.69, 9.17) is 0 Å². The molecule has 1 heteroatoms. The van der Waals surface area contributed by atoms with Crippen LogP contribution in [0.3, 0.4) is 0 Å². The minimum absolute atomic E-state index is 0.124. The highest BCUT2D eigenvalue weighted by Gasteiger charge is 2.51. The van der Waals surface area contributed by atoms with Gasteiger partial charge in [0.05, 0.1) is 11.0 Å². The third-order valence-corrected chi connectivity index (χ3v) is 6.99. The van der Waals surface area contributed by atoms with Gasteiger partial charge in [-0.05, 0) is 59.7 Å². The fourth-order valence-corrected chi connectivity index (χ4v) is 5.80. The van der Waals surface area contributed by atoms with Crippen LogP contribution in [0.4, 0.5) is 0 Å². The highest BCUT2D eigenvalue weighted by molar-refractivity contribution is 5.93. The summed E-state index contributed by atoms with van der Waals surface area (Å²) in [5.41, 5.74) is 13.9. The van der Waals surface area contributed by atoms with Gasteiger partial charge in [0.15, 0.2) is 6.20 Å². The monoisotopic (exact) mass is 374 g/mol. The van der Waals surface area contributed by atoms with Gasteiger partial charge < -0.3 is 0 Å². The Morgan fingerprint density at radius 1 is 0.828 bits per heavy atom. The van der Waals surface area contributed by atoms with Gasteiger partial charge >= 0.3 is 0 Å². The topological polar surface area (TPSA) is 3.88 Å². The number of fused-ring (bicyclic) bond motifs is 5. The van der Waals surface area contributed by atoms with Gasteiger partial charge in [0.1, 0.15) is 7.05 Å². The van der Waals surface area contributed by atoms with Crippen molar-refractivity contribution in [3.63, 3.8) is 0 Å². The first-order valence-electron chi connectivity index (χ1n) is 10.4. The van der Waals surface area contributed by atoms with Crippen molar-refractivity contribution in [2.45, 2.75) is 25.7 Å². The third kappa shape index (κ3) is 2.03. The van der Waals surface area contributed by atoms with Crippen molar-refractivity contribution in [3.8, 4) is 22.4 Å². The first-order valence-corrected chi connectivity index (χ1v) is 10.4. The molecule has 0 saturated heterocycles. The standard InChI is InChI=1S/C28H24N/c1-18-11-13-22-23-14-12-19(2)25-26(23)28(24(22)16-18,21-9-5-4-6-10-21)17-20-8-7-15-29(3)27(20)25/h4-16H,17H2,1-3H3/q+1. The molecule has 1 unspecified atom stereocenters. The van der Waals surface area contributed by atoms with Crippen molar-refractivity contribution in [2.24, 2.45) is 7.05 Å². The number of pyridine rings is 1. The second-order valence-electron chi connectivity index (χ2n) is 8.67. The zero-order chi connectivity index (χ0) is 19.8. The van der Waals surface area contributed by atoms with Crippen LogP contribution >= 0.6 is 0 Å². The second kappa shape index (κ2) is 5.67. The molecule has 1 atom stereocenters. The number of benzene rings is 3. The van der Waals surface area contributed by atoms with Crippen molar-refractivity contribution in [3.05, 3.63) is 112 Å². The normalized spacial score (nSPS) is 18.2. The van der Waals surface area contributed by atoms with Gasteiger partial charge in [0.2, 0.25) is 5.69 Å². The predicted molar refractivity (Wildman–Crippen MR) is 118 cm³/mol. The summed E-state index contributed by atoms with van der Waals surface area (Å²) in [5, 5.41) is 0. The van der Waals surface area contributed by atoms with Crippen LogP contribution in [-0.4, -0.2) is 0 Å². The Labute approximate surface area is 172 Å². The number of aromatic nitrogens is 1. The quantitative estimate of drug-likeness (QED) is 0.378. The van der Waals surface area contributed by atoms with Crippen molar-refractivity contribution < 1.29 is 4.57 Å². The first-order chi connectivity index (χ1) is 14.1. The van der Waals surface area contributed by atoms with E-state index in [9.17, 15) is 0 Å². The Kier molecular flexibility index (Phi) is 3.27. The fourth-order valence-electron chi connectivity index (χ4n) is 5.80. The van der Waals surface area contributed by atoms with E-state index >= 15 is 0 Å². The smallest absolute Gasteiger partial charge is 0.201 e. The minimum Gasteiger partial charge on any atom is -0.201 e. The molecule has 1 nitrogen and oxygen atoms in total. The summed E-state index contributed by atoms with van der Waals surface area (Å²) in [7, 11) is 2.18.